The van der Waals surface area contributed by atoms with Gasteiger partial charge in [-0.05, 0) is 43.7 Å². The molecule has 2 unspecified atom stereocenters. The lowest BCUT2D eigenvalue weighted by Gasteiger charge is -2.27. The Kier molecular flexibility index (Phi) is 6.27. The monoisotopic (exact) mass is 353 g/mol. The third kappa shape index (κ3) is 4.50. The quantitative estimate of drug-likeness (QED) is 0.733. The highest BCUT2D eigenvalue weighted by Gasteiger charge is 2.26. The topological polar surface area (TPSA) is 63.7 Å². The van der Waals surface area contributed by atoms with Crippen LogP contribution in [0, 0.1) is 5.92 Å². The van der Waals surface area contributed by atoms with E-state index in [1.54, 1.807) is 24.3 Å². The minimum atomic E-state index is -3.44. The van der Waals surface area contributed by atoms with Gasteiger partial charge in [0.2, 0.25) is 10.0 Å². The Labute approximate surface area is 145 Å². The summed E-state index contributed by atoms with van der Waals surface area (Å²) in [6, 6.07) is 6.73. The Morgan fingerprint density at radius 1 is 1.29 bits per heavy atom. The molecule has 1 aliphatic carbocycles. The maximum absolute atomic E-state index is 12.6. The van der Waals surface area contributed by atoms with Crippen LogP contribution in [0.4, 0.5) is 5.69 Å². The summed E-state index contributed by atoms with van der Waals surface area (Å²) in [7, 11) is -1.95. The Balaban J connectivity index is 2.20. The van der Waals surface area contributed by atoms with Gasteiger partial charge >= 0.3 is 5.97 Å². The molecule has 0 N–H and O–H groups in total. The predicted molar refractivity (Wildman–Crippen MR) is 95.8 cm³/mol. The van der Waals surface area contributed by atoms with Crippen LogP contribution in [0.3, 0.4) is 0 Å². The van der Waals surface area contributed by atoms with Crippen LogP contribution in [-0.2, 0) is 14.8 Å². The number of nitrogens with zero attached hydrogens (tertiary/aromatic N) is 1. The van der Waals surface area contributed by atoms with Gasteiger partial charge < -0.3 is 4.74 Å². The highest BCUT2D eigenvalue weighted by Crippen LogP contribution is 2.28. The van der Waals surface area contributed by atoms with Crippen LogP contribution < -0.4 is 4.31 Å². The summed E-state index contributed by atoms with van der Waals surface area (Å²) >= 11 is 0. The van der Waals surface area contributed by atoms with Gasteiger partial charge in [-0.3, -0.25) is 4.31 Å². The minimum Gasteiger partial charge on any atom is -0.459 e. The van der Waals surface area contributed by atoms with Gasteiger partial charge in [-0.15, -0.1) is 0 Å². The number of hydrogen-bond acceptors (Lipinski definition) is 4. The van der Waals surface area contributed by atoms with E-state index in [1.807, 2.05) is 6.92 Å². The lowest BCUT2D eigenvalue weighted by atomic mass is 9.89. The zero-order chi connectivity index (χ0) is 17.7. The van der Waals surface area contributed by atoms with Crippen LogP contribution in [0.2, 0.25) is 0 Å². The van der Waals surface area contributed by atoms with Gasteiger partial charge in [0, 0.05) is 7.05 Å². The summed E-state index contributed by atoms with van der Waals surface area (Å²) in [5, 5.41) is 0. The number of rotatable bonds is 6. The van der Waals surface area contributed by atoms with Crippen molar-refractivity contribution >= 4 is 21.7 Å². The lowest BCUT2D eigenvalue weighted by molar-refractivity contribution is 0.0156. The molecular weight excluding hydrogens is 326 g/mol. The second-order valence-electron chi connectivity index (χ2n) is 6.60. The standard InChI is InChI=1S/C18H27NO4S/c1-4-12-24(21,22)19(3)17-11-6-5-10-16(17)18(20)23-15-9-7-8-14(2)13-15/h5-6,10-11,14-15H,4,7-9,12-13H2,1-3H3. The number of carbonyl (C=O) groups excluding carboxylic acids is 1. The van der Waals surface area contributed by atoms with Gasteiger partial charge in [0.25, 0.3) is 0 Å². The summed E-state index contributed by atoms with van der Waals surface area (Å²) in [5.74, 6) is 0.162. The SMILES string of the molecule is CCCS(=O)(=O)N(C)c1ccccc1C(=O)OC1CCCC(C)C1. The number of hydrogen-bond donors (Lipinski definition) is 0. The Morgan fingerprint density at radius 2 is 2.00 bits per heavy atom. The molecule has 0 heterocycles. The molecule has 1 aromatic carbocycles. The number of benzene rings is 1. The largest absolute Gasteiger partial charge is 0.459 e. The molecule has 1 saturated carbocycles. The third-order valence-electron chi connectivity index (χ3n) is 4.50. The smallest absolute Gasteiger partial charge is 0.340 e. The maximum atomic E-state index is 12.6. The molecule has 5 nitrogen and oxygen atoms in total. The lowest BCUT2D eigenvalue weighted by Crippen LogP contribution is -2.31. The van der Waals surface area contributed by atoms with Crippen molar-refractivity contribution in [2.24, 2.45) is 5.92 Å². The zero-order valence-corrected chi connectivity index (χ0v) is 15.5. The molecule has 0 bridgehead atoms. The average molecular weight is 353 g/mol. The van der Waals surface area contributed by atoms with E-state index in [2.05, 4.69) is 6.92 Å². The molecule has 0 aromatic heterocycles. The first-order valence-corrected chi connectivity index (χ1v) is 10.2. The number of para-hydroxylation sites is 1. The van der Waals surface area contributed by atoms with Gasteiger partial charge in [0.15, 0.2) is 0 Å². The molecule has 2 rings (SSSR count). The number of anilines is 1. The first kappa shape index (κ1) is 18.8. The second kappa shape index (κ2) is 8.01. The molecule has 1 aromatic rings. The molecule has 1 aliphatic rings. The average Bonchev–Trinajstić information content (AvgIpc) is 2.54. The van der Waals surface area contributed by atoms with Crippen LogP contribution in [-0.4, -0.2) is 33.3 Å². The summed E-state index contributed by atoms with van der Waals surface area (Å²) in [6.07, 6.45) is 4.43. The molecule has 24 heavy (non-hydrogen) atoms. The fraction of sp³-hybridized carbons (Fsp3) is 0.611. The molecule has 1 fully saturated rings. The maximum Gasteiger partial charge on any atom is 0.340 e. The Bertz CT molecular complexity index is 671. The predicted octanol–water partition coefficient (Wildman–Crippen LogP) is 3.60. The minimum absolute atomic E-state index is 0.0486. The van der Waals surface area contributed by atoms with Gasteiger partial charge in [-0.25, -0.2) is 13.2 Å². The molecule has 0 saturated heterocycles. The van der Waals surface area contributed by atoms with E-state index in [1.165, 1.54) is 17.8 Å². The van der Waals surface area contributed by atoms with Crippen LogP contribution in [0.1, 0.15) is 56.3 Å². The van der Waals surface area contributed by atoms with Crippen molar-refractivity contribution in [1.82, 2.24) is 0 Å². The van der Waals surface area contributed by atoms with E-state index in [9.17, 15) is 13.2 Å². The molecule has 2 atom stereocenters. The van der Waals surface area contributed by atoms with E-state index < -0.39 is 16.0 Å². The first-order chi connectivity index (χ1) is 11.3. The Hall–Kier alpha value is -1.56. The number of carbonyl (C=O) groups is 1. The molecule has 6 heteroatoms. The van der Waals surface area contributed by atoms with Gasteiger partial charge in [0.1, 0.15) is 6.10 Å². The highest BCUT2D eigenvalue weighted by atomic mass is 32.2. The van der Waals surface area contributed by atoms with Crippen LogP contribution in [0.5, 0.6) is 0 Å². The van der Waals surface area contributed by atoms with Crippen LogP contribution in [0.25, 0.3) is 0 Å². The summed E-state index contributed by atoms with van der Waals surface area (Å²) in [6.45, 7) is 3.98. The molecule has 0 spiro atoms. The third-order valence-corrected chi connectivity index (χ3v) is 6.46. The normalized spacial score (nSPS) is 21.3. The van der Waals surface area contributed by atoms with E-state index in [0.717, 1.165) is 19.3 Å². The summed E-state index contributed by atoms with van der Waals surface area (Å²) in [5.41, 5.74) is 0.678. The number of ether oxygens (including phenoxy) is 1. The van der Waals surface area contributed by atoms with Crippen molar-refractivity contribution in [3.63, 3.8) is 0 Å². The molecular formula is C18H27NO4S. The van der Waals surface area contributed by atoms with Gasteiger partial charge in [-0.1, -0.05) is 32.4 Å². The first-order valence-electron chi connectivity index (χ1n) is 8.61. The van der Waals surface area contributed by atoms with Gasteiger partial charge in [0.05, 0.1) is 17.0 Å². The molecule has 0 amide bonds. The van der Waals surface area contributed by atoms with Crippen molar-refractivity contribution in [3.05, 3.63) is 29.8 Å². The second-order valence-corrected chi connectivity index (χ2v) is 8.72. The van der Waals surface area contributed by atoms with E-state index in [0.29, 0.717) is 23.6 Å². The van der Waals surface area contributed by atoms with Crippen molar-refractivity contribution < 1.29 is 17.9 Å². The van der Waals surface area contributed by atoms with E-state index >= 15 is 0 Å². The fourth-order valence-corrected chi connectivity index (χ4v) is 4.41. The molecule has 0 radical (unpaired) electrons. The van der Waals surface area contributed by atoms with Crippen molar-refractivity contribution in [2.45, 2.75) is 52.1 Å². The summed E-state index contributed by atoms with van der Waals surface area (Å²) < 4.78 is 31.5. The number of esters is 1. The van der Waals surface area contributed by atoms with Crippen molar-refractivity contribution in [2.75, 3.05) is 17.1 Å². The molecule has 134 valence electrons. The van der Waals surface area contributed by atoms with E-state index in [4.69, 9.17) is 4.74 Å². The van der Waals surface area contributed by atoms with Crippen LogP contribution in [0.15, 0.2) is 24.3 Å². The highest BCUT2D eigenvalue weighted by molar-refractivity contribution is 7.92. The molecule has 0 aliphatic heterocycles. The fourth-order valence-electron chi connectivity index (χ4n) is 3.17. The van der Waals surface area contributed by atoms with Crippen molar-refractivity contribution in [1.29, 1.82) is 0 Å². The van der Waals surface area contributed by atoms with Gasteiger partial charge in [-0.2, -0.15) is 0 Å². The van der Waals surface area contributed by atoms with Crippen molar-refractivity contribution in [3.8, 4) is 0 Å². The van der Waals surface area contributed by atoms with E-state index in [-0.39, 0.29) is 11.9 Å². The summed E-state index contributed by atoms with van der Waals surface area (Å²) in [4.78, 5) is 12.6. The van der Waals surface area contributed by atoms with Crippen LogP contribution >= 0.6 is 0 Å². The zero-order valence-electron chi connectivity index (χ0n) is 14.7. The number of sulfonamides is 1. The Morgan fingerprint density at radius 3 is 2.67 bits per heavy atom.